The second-order valence-corrected chi connectivity index (χ2v) is 9.69. The molecule has 0 spiro atoms. The normalized spacial score (nSPS) is 17.2. The Bertz CT molecular complexity index is 1420. The zero-order valence-corrected chi connectivity index (χ0v) is 22.0. The molecule has 2 heterocycles. The predicted octanol–water partition coefficient (Wildman–Crippen LogP) is 5.63. The van der Waals surface area contributed by atoms with Gasteiger partial charge in [0.1, 0.15) is 17.4 Å². The van der Waals surface area contributed by atoms with Gasteiger partial charge in [0, 0.05) is 25.9 Å². The molecule has 0 aliphatic carbocycles. The van der Waals surface area contributed by atoms with Gasteiger partial charge < -0.3 is 23.7 Å². The van der Waals surface area contributed by atoms with Gasteiger partial charge in [0.15, 0.2) is 11.5 Å². The van der Waals surface area contributed by atoms with Crippen LogP contribution in [0.15, 0.2) is 67.0 Å². The van der Waals surface area contributed by atoms with Crippen LogP contribution in [0.1, 0.15) is 31.9 Å². The molecule has 1 aliphatic rings. The highest BCUT2D eigenvalue weighted by Crippen LogP contribution is 2.38. The molecule has 1 saturated heterocycles. The van der Waals surface area contributed by atoms with Crippen molar-refractivity contribution in [2.75, 3.05) is 20.8 Å². The summed E-state index contributed by atoms with van der Waals surface area (Å²) in [6.45, 7) is 4.81. The van der Waals surface area contributed by atoms with Crippen LogP contribution in [0, 0.1) is 5.92 Å². The maximum Gasteiger partial charge on any atom is 0.223 e. The third-order valence-corrected chi connectivity index (χ3v) is 7.41. The number of fused-ring (bicyclic) bond motifs is 1. The molecule has 0 N–H and O–H groups in total. The first kappa shape index (κ1) is 24.7. The van der Waals surface area contributed by atoms with Crippen LogP contribution in [0.25, 0.3) is 22.2 Å². The van der Waals surface area contributed by atoms with Crippen molar-refractivity contribution in [2.24, 2.45) is 13.0 Å². The fourth-order valence-electron chi connectivity index (χ4n) is 5.18. The van der Waals surface area contributed by atoms with E-state index >= 15 is 0 Å². The summed E-state index contributed by atoms with van der Waals surface area (Å²) in [5.74, 6) is 2.34. The van der Waals surface area contributed by atoms with Gasteiger partial charge in [0.2, 0.25) is 5.91 Å². The lowest BCUT2D eigenvalue weighted by Crippen LogP contribution is -2.31. The second-order valence-electron chi connectivity index (χ2n) is 9.69. The van der Waals surface area contributed by atoms with Crippen LogP contribution in [0.4, 0.5) is 0 Å². The molecule has 1 aromatic heterocycles. The molecule has 4 aromatic rings. The lowest BCUT2D eigenvalue weighted by molar-refractivity contribution is -0.129. The van der Waals surface area contributed by atoms with Gasteiger partial charge >= 0.3 is 0 Å². The van der Waals surface area contributed by atoms with Gasteiger partial charge in [-0.25, -0.2) is 4.98 Å². The smallest absolute Gasteiger partial charge is 0.223 e. The summed E-state index contributed by atoms with van der Waals surface area (Å²) >= 11 is 0. The second kappa shape index (κ2) is 10.2. The maximum atomic E-state index is 13.0. The molecule has 192 valence electrons. The summed E-state index contributed by atoms with van der Waals surface area (Å²) in [5.41, 5.74) is 4.86. The lowest BCUT2D eigenvalue weighted by atomic mass is 10.0. The number of carbonyl (C=O) groups is 1. The number of hydrogen-bond donors (Lipinski definition) is 0. The van der Waals surface area contributed by atoms with E-state index in [1.807, 2.05) is 59.0 Å². The Hall–Kier alpha value is -4.00. The van der Waals surface area contributed by atoms with Gasteiger partial charge in [0.05, 0.1) is 32.1 Å². The summed E-state index contributed by atoms with van der Waals surface area (Å²) in [6, 6.07) is 20.1. The molecular formula is C30H33N3O4. The molecule has 37 heavy (non-hydrogen) atoms. The summed E-state index contributed by atoms with van der Waals surface area (Å²) in [6.07, 6.45) is 2.11. The lowest BCUT2D eigenvalue weighted by Gasteiger charge is -2.27. The molecule has 1 unspecified atom stereocenters. The molecule has 0 saturated carbocycles. The molecule has 7 nitrogen and oxygen atoms in total. The first-order chi connectivity index (χ1) is 17.9. The molecule has 3 atom stereocenters. The van der Waals surface area contributed by atoms with E-state index in [-0.39, 0.29) is 24.0 Å². The van der Waals surface area contributed by atoms with E-state index in [0.29, 0.717) is 24.5 Å². The van der Waals surface area contributed by atoms with Crippen molar-refractivity contribution in [3.8, 4) is 28.4 Å². The summed E-state index contributed by atoms with van der Waals surface area (Å²) in [7, 11) is 5.22. The number of benzene rings is 3. The summed E-state index contributed by atoms with van der Waals surface area (Å²) in [4.78, 5) is 19.5. The number of carbonyl (C=O) groups excluding carboxylic acids is 1. The Balaban J connectivity index is 1.42. The molecule has 1 amide bonds. The molecule has 0 radical (unpaired) electrons. The number of rotatable bonds is 8. The van der Waals surface area contributed by atoms with Crippen molar-refractivity contribution in [3.63, 3.8) is 0 Å². The van der Waals surface area contributed by atoms with Crippen molar-refractivity contribution in [3.05, 3.63) is 72.6 Å². The van der Waals surface area contributed by atoms with Crippen molar-refractivity contribution in [2.45, 2.75) is 32.4 Å². The minimum atomic E-state index is -0.157. The maximum absolute atomic E-state index is 13.0. The van der Waals surface area contributed by atoms with Crippen molar-refractivity contribution in [1.29, 1.82) is 0 Å². The van der Waals surface area contributed by atoms with Gasteiger partial charge in [-0.1, -0.05) is 36.4 Å². The number of aryl methyl sites for hydroxylation is 1. The third kappa shape index (κ3) is 4.73. The van der Waals surface area contributed by atoms with E-state index in [4.69, 9.17) is 14.2 Å². The Morgan fingerprint density at radius 2 is 1.65 bits per heavy atom. The molecule has 1 fully saturated rings. The van der Waals surface area contributed by atoms with E-state index in [1.54, 1.807) is 20.5 Å². The molecule has 7 heteroatoms. The van der Waals surface area contributed by atoms with E-state index < -0.39 is 0 Å². The topological polar surface area (TPSA) is 65.8 Å². The van der Waals surface area contributed by atoms with Gasteiger partial charge in [-0.05, 0) is 54.8 Å². The van der Waals surface area contributed by atoms with Crippen LogP contribution in [0.5, 0.6) is 17.2 Å². The van der Waals surface area contributed by atoms with Gasteiger partial charge in [-0.3, -0.25) is 4.79 Å². The average molecular weight is 500 g/mol. The van der Waals surface area contributed by atoms with E-state index in [9.17, 15) is 4.79 Å². The largest absolute Gasteiger partial charge is 0.493 e. The molecule has 3 aromatic carbocycles. The van der Waals surface area contributed by atoms with Crippen LogP contribution in [0.2, 0.25) is 0 Å². The molecule has 1 aliphatic heterocycles. The number of imidazole rings is 1. The zero-order chi connectivity index (χ0) is 26.1. The van der Waals surface area contributed by atoms with Crippen molar-refractivity contribution in [1.82, 2.24) is 14.5 Å². The highest BCUT2D eigenvalue weighted by Gasteiger charge is 2.37. The van der Waals surface area contributed by atoms with E-state index in [2.05, 4.69) is 37.0 Å². The van der Waals surface area contributed by atoms with E-state index in [0.717, 1.165) is 33.5 Å². The zero-order valence-electron chi connectivity index (χ0n) is 22.0. The highest BCUT2D eigenvalue weighted by molar-refractivity contribution is 5.88. The quantitative estimate of drug-likeness (QED) is 0.314. The van der Waals surface area contributed by atoms with Crippen molar-refractivity contribution < 1.29 is 19.0 Å². The summed E-state index contributed by atoms with van der Waals surface area (Å²) in [5, 5.41) is 0. The van der Waals surface area contributed by atoms with Gasteiger partial charge in [-0.2, -0.15) is 0 Å². The third-order valence-electron chi connectivity index (χ3n) is 7.41. The first-order valence-corrected chi connectivity index (χ1v) is 12.6. The Morgan fingerprint density at radius 1 is 0.919 bits per heavy atom. The standard InChI is InChI=1S/C30H33N3O4/c1-19(21-9-7-6-8-10-21)33-17-24(16-29(33)34)20(2)37-28-15-23(13-25-30(28)32(3)18-31-25)22-11-12-26(35-4)27(14-22)36-5/h6-15,18-20,24H,16-17H2,1-5H3/t19-,20-,24?/m1/s1. The minimum Gasteiger partial charge on any atom is -0.493 e. The van der Waals surface area contributed by atoms with Gasteiger partial charge in [-0.15, -0.1) is 0 Å². The summed E-state index contributed by atoms with van der Waals surface area (Å²) < 4.78 is 19.5. The minimum absolute atomic E-state index is 0.0306. The number of methoxy groups -OCH3 is 2. The fraction of sp³-hybridized carbons (Fsp3) is 0.333. The Morgan fingerprint density at radius 3 is 2.38 bits per heavy atom. The van der Waals surface area contributed by atoms with Crippen LogP contribution < -0.4 is 14.2 Å². The van der Waals surface area contributed by atoms with Gasteiger partial charge in [0.25, 0.3) is 0 Å². The molecular weight excluding hydrogens is 466 g/mol. The average Bonchev–Trinajstić information content (AvgIpc) is 3.50. The Labute approximate surface area is 217 Å². The first-order valence-electron chi connectivity index (χ1n) is 12.6. The number of hydrogen-bond acceptors (Lipinski definition) is 5. The number of likely N-dealkylation sites (tertiary alicyclic amines) is 1. The van der Waals surface area contributed by atoms with Crippen LogP contribution >= 0.6 is 0 Å². The number of nitrogens with zero attached hydrogens (tertiary/aromatic N) is 3. The SMILES string of the molecule is COc1ccc(-c2cc(O[C@H](C)C3CC(=O)N([C@H](C)c4ccccc4)C3)c3c(c2)ncn3C)cc1OC. The van der Waals surface area contributed by atoms with Crippen LogP contribution in [-0.2, 0) is 11.8 Å². The molecule has 5 rings (SSSR count). The van der Waals surface area contributed by atoms with E-state index in [1.165, 1.54) is 0 Å². The predicted molar refractivity (Wildman–Crippen MR) is 144 cm³/mol. The van der Waals surface area contributed by atoms with Crippen LogP contribution in [0.3, 0.4) is 0 Å². The molecule has 0 bridgehead atoms. The Kier molecular flexibility index (Phi) is 6.78. The highest BCUT2D eigenvalue weighted by atomic mass is 16.5. The number of amides is 1. The number of aromatic nitrogens is 2. The fourth-order valence-corrected chi connectivity index (χ4v) is 5.18. The monoisotopic (exact) mass is 499 g/mol. The number of ether oxygens (including phenoxy) is 3. The van der Waals surface area contributed by atoms with Crippen molar-refractivity contribution >= 4 is 16.9 Å². The van der Waals surface area contributed by atoms with Crippen LogP contribution in [-0.4, -0.2) is 47.2 Å².